The van der Waals surface area contributed by atoms with Gasteiger partial charge in [-0.1, -0.05) is 19.3 Å². The Kier molecular flexibility index (Phi) is 6.23. The van der Waals surface area contributed by atoms with E-state index in [0.29, 0.717) is 25.5 Å². The van der Waals surface area contributed by atoms with E-state index in [-0.39, 0.29) is 17.2 Å². The fourth-order valence-electron chi connectivity index (χ4n) is 5.56. The highest BCUT2D eigenvalue weighted by Gasteiger charge is 2.43. The van der Waals surface area contributed by atoms with Crippen molar-refractivity contribution in [3.8, 4) is 0 Å². The molecule has 0 unspecified atom stereocenters. The van der Waals surface area contributed by atoms with Crippen molar-refractivity contribution >= 4 is 11.8 Å². The number of carbonyl (C=O) groups excluding carboxylic acids is 2. The van der Waals surface area contributed by atoms with Gasteiger partial charge < -0.3 is 14.5 Å². The van der Waals surface area contributed by atoms with E-state index in [1.54, 1.807) is 13.3 Å². The number of likely N-dealkylation sites (tertiary alicyclic amines) is 2. The Morgan fingerprint density at radius 3 is 2.86 bits per heavy atom. The molecular formula is C22H34N4O3. The van der Waals surface area contributed by atoms with Crippen LogP contribution in [0.25, 0.3) is 0 Å². The van der Waals surface area contributed by atoms with Crippen LogP contribution < -0.4 is 0 Å². The minimum atomic E-state index is 0.0182. The van der Waals surface area contributed by atoms with Crippen molar-refractivity contribution in [2.45, 2.75) is 63.7 Å². The third kappa shape index (κ3) is 4.34. The number of aromatic nitrogens is 2. The summed E-state index contributed by atoms with van der Waals surface area (Å²) in [5, 5.41) is 7.37. The smallest absolute Gasteiger partial charge is 0.257 e. The Labute approximate surface area is 173 Å². The lowest BCUT2D eigenvalue weighted by molar-refractivity contribution is -0.139. The number of nitrogens with one attached hydrogen (secondary N) is 1. The number of hydrogen-bond acceptors (Lipinski definition) is 4. The molecule has 160 valence electrons. The lowest BCUT2D eigenvalue weighted by Gasteiger charge is -2.48. The summed E-state index contributed by atoms with van der Waals surface area (Å²) in [6.45, 7) is 3.46. The van der Waals surface area contributed by atoms with Crippen molar-refractivity contribution in [3.05, 3.63) is 17.5 Å². The first-order valence-electron chi connectivity index (χ1n) is 11.2. The molecule has 3 aliphatic rings. The number of nitrogens with zero attached hydrogens (tertiary/aromatic N) is 3. The number of carbonyl (C=O) groups is 2. The zero-order valence-corrected chi connectivity index (χ0v) is 17.6. The third-order valence-electron chi connectivity index (χ3n) is 7.17. The van der Waals surface area contributed by atoms with Crippen LogP contribution in [0.1, 0.15) is 79.8 Å². The molecule has 0 aromatic carbocycles. The maximum Gasteiger partial charge on any atom is 0.257 e. The summed E-state index contributed by atoms with van der Waals surface area (Å²) in [5.74, 6) is 0.755. The highest BCUT2D eigenvalue weighted by Crippen LogP contribution is 2.40. The van der Waals surface area contributed by atoms with Crippen LogP contribution in [0.2, 0.25) is 0 Å². The zero-order valence-electron chi connectivity index (χ0n) is 17.6. The molecule has 1 aromatic rings. The highest BCUT2D eigenvalue weighted by molar-refractivity contribution is 5.95. The van der Waals surface area contributed by atoms with Gasteiger partial charge in [0.25, 0.3) is 5.91 Å². The van der Waals surface area contributed by atoms with Crippen LogP contribution >= 0.6 is 0 Å². The number of ether oxygens (including phenoxy) is 1. The van der Waals surface area contributed by atoms with Gasteiger partial charge in [0.05, 0.1) is 24.1 Å². The summed E-state index contributed by atoms with van der Waals surface area (Å²) in [7, 11) is 1.67. The summed E-state index contributed by atoms with van der Waals surface area (Å²) in [5.41, 5.74) is 1.82. The molecule has 4 rings (SSSR count). The number of rotatable bonds is 5. The van der Waals surface area contributed by atoms with E-state index in [0.717, 1.165) is 63.0 Å². The standard InChI is InChI=1S/C22H34N4O3/c1-29-13-12-25-15-22(10-8-19(25)27)9-5-11-26(16-22)21(28)18-14-23-24-20(18)17-6-3-2-4-7-17/h14,17H,2-13,15-16H2,1H3,(H,23,24)/t22-/m1/s1. The Hall–Kier alpha value is -1.89. The molecule has 7 heteroatoms. The highest BCUT2D eigenvalue weighted by atomic mass is 16.5. The van der Waals surface area contributed by atoms with E-state index < -0.39 is 0 Å². The van der Waals surface area contributed by atoms with E-state index in [9.17, 15) is 9.59 Å². The molecule has 3 heterocycles. The third-order valence-corrected chi connectivity index (χ3v) is 7.17. The SMILES string of the molecule is COCCN1C[C@@]2(CCCN(C(=O)c3cn[nH]c3C3CCCCC3)C2)CCC1=O. The number of H-pyrrole nitrogens is 1. The number of hydrogen-bond donors (Lipinski definition) is 1. The van der Waals surface area contributed by atoms with E-state index in [1.807, 2.05) is 9.80 Å². The monoisotopic (exact) mass is 402 g/mol. The van der Waals surface area contributed by atoms with Crippen LogP contribution in [-0.4, -0.2) is 71.7 Å². The van der Waals surface area contributed by atoms with Gasteiger partial charge in [0.1, 0.15) is 0 Å². The van der Waals surface area contributed by atoms with Crippen LogP contribution in [0.4, 0.5) is 0 Å². The molecule has 1 aliphatic carbocycles. The van der Waals surface area contributed by atoms with Crippen molar-refractivity contribution in [1.29, 1.82) is 0 Å². The lowest BCUT2D eigenvalue weighted by Crippen LogP contribution is -2.55. The predicted molar refractivity (Wildman–Crippen MR) is 110 cm³/mol. The Morgan fingerprint density at radius 1 is 1.24 bits per heavy atom. The maximum atomic E-state index is 13.4. The van der Waals surface area contributed by atoms with Gasteiger partial charge in [-0.3, -0.25) is 14.7 Å². The topological polar surface area (TPSA) is 78.5 Å². The number of methoxy groups -OCH3 is 1. The van der Waals surface area contributed by atoms with E-state index in [4.69, 9.17) is 4.74 Å². The molecule has 29 heavy (non-hydrogen) atoms. The van der Waals surface area contributed by atoms with Crippen molar-refractivity contribution in [2.24, 2.45) is 5.41 Å². The van der Waals surface area contributed by atoms with Crippen molar-refractivity contribution < 1.29 is 14.3 Å². The van der Waals surface area contributed by atoms with Gasteiger partial charge >= 0.3 is 0 Å². The number of piperidine rings is 2. The Morgan fingerprint density at radius 2 is 2.07 bits per heavy atom. The molecule has 1 aromatic heterocycles. The molecule has 0 bridgehead atoms. The first-order valence-corrected chi connectivity index (χ1v) is 11.2. The fraction of sp³-hybridized carbons (Fsp3) is 0.773. The second-order valence-corrected chi connectivity index (χ2v) is 9.17. The van der Waals surface area contributed by atoms with Gasteiger partial charge in [0, 0.05) is 51.0 Å². The normalized spacial score (nSPS) is 26.3. The number of amides is 2. The molecule has 1 spiro atoms. The van der Waals surface area contributed by atoms with E-state index in [2.05, 4.69) is 10.2 Å². The average molecular weight is 403 g/mol. The molecule has 0 radical (unpaired) electrons. The number of aromatic amines is 1. The molecule has 1 N–H and O–H groups in total. The summed E-state index contributed by atoms with van der Waals surface area (Å²) >= 11 is 0. The van der Waals surface area contributed by atoms with Gasteiger partial charge in [-0.25, -0.2) is 0 Å². The molecule has 2 amide bonds. The summed E-state index contributed by atoms with van der Waals surface area (Å²) in [6.07, 6.45) is 11.3. The van der Waals surface area contributed by atoms with Crippen LogP contribution in [-0.2, 0) is 9.53 Å². The molecule has 2 saturated heterocycles. The molecule has 1 atom stereocenters. The van der Waals surface area contributed by atoms with E-state index in [1.165, 1.54) is 19.3 Å². The van der Waals surface area contributed by atoms with Crippen molar-refractivity contribution in [1.82, 2.24) is 20.0 Å². The van der Waals surface area contributed by atoms with Gasteiger partial charge in [0.2, 0.25) is 5.91 Å². The average Bonchev–Trinajstić information content (AvgIpc) is 3.25. The minimum Gasteiger partial charge on any atom is -0.383 e. The van der Waals surface area contributed by atoms with Gasteiger partial charge in [-0.15, -0.1) is 0 Å². The molecule has 3 fully saturated rings. The molecular weight excluding hydrogens is 368 g/mol. The van der Waals surface area contributed by atoms with Crippen molar-refractivity contribution in [3.63, 3.8) is 0 Å². The van der Waals surface area contributed by atoms with Crippen molar-refractivity contribution in [2.75, 3.05) is 39.9 Å². The summed E-state index contributed by atoms with van der Waals surface area (Å²) in [6, 6.07) is 0. The van der Waals surface area contributed by atoms with E-state index >= 15 is 0 Å². The van der Waals surface area contributed by atoms with Gasteiger partial charge in [-0.05, 0) is 32.1 Å². The van der Waals surface area contributed by atoms with Crippen LogP contribution in [0, 0.1) is 5.41 Å². The second kappa shape index (κ2) is 8.86. The summed E-state index contributed by atoms with van der Waals surface area (Å²) < 4.78 is 5.18. The maximum absolute atomic E-state index is 13.4. The largest absolute Gasteiger partial charge is 0.383 e. The first kappa shape index (κ1) is 20.4. The fourth-order valence-corrected chi connectivity index (χ4v) is 5.56. The molecule has 7 nitrogen and oxygen atoms in total. The Bertz CT molecular complexity index is 727. The van der Waals surface area contributed by atoms with Crippen LogP contribution in [0.5, 0.6) is 0 Å². The van der Waals surface area contributed by atoms with Gasteiger partial charge in [0.15, 0.2) is 0 Å². The minimum absolute atomic E-state index is 0.0182. The van der Waals surface area contributed by atoms with Crippen LogP contribution in [0.3, 0.4) is 0 Å². The lowest BCUT2D eigenvalue weighted by atomic mass is 9.73. The second-order valence-electron chi connectivity index (χ2n) is 9.17. The van der Waals surface area contributed by atoms with Crippen LogP contribution in [0.15, 0.2) is 6.20 Å². The molecule has 1 saturated carbocycles. The zero-order chi connectivity index (χ0) is 20.3. The first-order chi connectivity index (χ1) is 14.1. The Balaban J connectivity index is 1.47. The van der Waals surface area contributed by atoms with Gasteiger partial charge in [-0.2, -0.15) is 5.10 Å². The quantitative estimate of drug-likeness (QED) is 0.821. The molecule has 2 aliphatic heterocycles. The predicted octanol–water partition coefficient (Wildman–Crippen LogP) is 2.95. The summed E-state index contributed by atoms with van der Waals surface area (Å²) in [4.78, 5) is 29.7.